The van der Waals surface area contributed by atoms with Gasteiger partial charge in [0.15, 0.2) is 5.11 Å². The molecule has 0 unspecified atom stereocenters. The van der Waals surface area contributed by atoms with Crippen LogP contribution in [0.4, 0.5) is 5.69 Å². The number of hydrogen-bond acceptors (Lipinski definition) is 3. The Morgan fingerprint density at radius 1 is 0.944 bits per heavy atom. The first-order valence-corrected chi connectivity index (χ1v) is 12.3. The lowest BCUT2D eigenvalue weighted by Gasteiger charge is -2.28. The average molecular weight is 497 g/mol. The smallest absolute Gasteiger partial charge is 0.335 e. The van der Waals surface area contributed by atoms with E-state index in [2.05, 4.69) is 71.7 Å². The van der Waals surface area contributed by atoms with Gasteiger partial charge in [0.05, 0.1) is 23.3 Å². The first kappa shape index (κ1) is 23.8. The summed E-state index contributed by atoms with van der Waals surface area (Å²) in [6.07, 6.45) is 1.81. The van der Waals surface area contributed by atoms with E-state index in [1.807, 2.05) is 36.5 Å². The summed E-state index contributed by atoms with van der Waals surface area (Å²) in [4.78, 5) is 18.2. The van der Waals surface area contributed by atoms with Crippen LogP contribution in [0.2, 0.25) is 0 Å². The van der Waals surface area contributed by atoms with Crippen LogP contribution in [-0.4, -0.2) is 25.7 Å². The molecule has 2 aromatic heterocycles. The van der Waals surface area contributed by atoms with Crippen molar-refractivity contribution in [3.63, 3.8) is 0 Å². The molecule has 0 radical (unpaired) electrons. The Hall–Kier alpha value is -3.97. The zero-order valence-corrected chi connectivity index (χ0v) is 21.5. The van der Waals surface area contributed by atoms with Crippen LogP contribution in [0.1, 0.15) is 56.2 Å². The molecule has 0 saturated carbocycles. The predicted molar refractivity (Wildman–Crippen MR) is 146 cm³/mol. The van der Waals surface area contributed by atoms with Crippen LogP contribution >= 0.6 is 12.2 Å². The molecule has 1 aliphatic heterocycles. The van der Waals surface area contributed by atoms with Crippen LogP contribution < -0.4 is 10.2 Å². The van der Waals surface area contributed by atoms with Crippen LogP contribution in [-0.2, 0) is 0 Å². The molecule has 1 aliphatic rings. The minimum Gasteiger partial charge on any atom is -0.478 e. The monoisotopic (exact) mass is 496 g/mol. The first-order valence-electron chi connectivity index (χ1n) is 11.9. The van der Waals surface area contributed by atoms with E-state index in [0.717, 1.165) is 34.0 Å². The maximum absolute atomic E-state index is 11.3. The van der Waals surface area contributed by atoms with Crippen molar-refractivity contribution in [2.45, 2.75) is 39.8 Å². The highest BCUT2D eigenvalue weighted by molar-refractivity contribution is 7.80. The van der Waals surface area contributed by atoms with Gasteiger partial charge in [0.25, 0.3) is 0 Å². The van der Waals surface area contributed by atoms with Crippen molar-refractivity contribution in [3.05, 3.63) is 112 Å². The summed E-state index contributed by atoms with van der Waals surface area (Å²) in [5, 5.41) is 13.5. The first-order chi connectivity index (χ1) is 17.3. The maximum Gasteiger partial charge on any atom is 0.335 e. The Morgan fingerprint density at radius 3 is 2.31 bits per heavy atom. The number of nitrogens with one attached hydrogen (secondary N) is 1. The van der Waals surface area contributed by atoms with E-state index >= 15 is 0 Å². The molecule has 182 valence electrons. The van der Waals surface area contributed by atoms with E-state index in [-0.39, 0.29) is 17.6 Å². The number of hydrogen-bond donors (Lipinski definition) is 2. The molecule has 2 atom stereocenters. The molecular weight excluding hydrogens is 468 g/mol. The minimum absolute atomic E-state index is 0.118. The number of pyridine rings is 1. The van der Waals surface area contributed by atoms with Gasteiger partial charge in [-0.15, -0.1) is 0 Å². The van der Waals surface area contributed by atoms with Crippen LogP contribution in [0.15, 0.2) is 72.9 Å². The van der Waals surface area contributed by atoms with E-state index < -0.39 is 5.97 Å². The highest BCUT2D eigenvalue weighted by Crippen LogP contribution is 2.44. The highest BCUT2D eigenvalue weighted by atomic mass is 32.1. The lowest BCUT2D eigenvalue weighted by atomic mass is 9.96. The molecule has 2 N–H and O–H groups in total. The SMILES string of the molecule is Cc1ccc(N2C(=S)N[C@H](c3ccccn3)[C@@H]2c2cc(C)n(-c3ccc(C(=O)O)cc3)c2C)cc1C. The number of thiocarbonyl (C=S) groups is 1. The molecule has 4 aromatic rings. The lowest BCUT2D eigenvalue weighted by Crippen LogP contribution is -2.29. The third-order valence-corrected chi connectivity index (χ3v) is 7.34. The molecule has 36 heavy (non-hydrogen) atoms. The summed E-state index contributed by atoms with van der Waals surface area (Å²) in [7, 11) is 0. The van der Waals surface area contributed by atoms with Gasteiger partial charge < -0.3 is 19.9 Å². The summed E-state index contributed by atoms with van der Waals surface area (Å²) in [6, 6.07) is 21.3. The molecular formula is C29H28N4O2S. The molecule has 3 heterocycles. The topological polar surface area (TPSA) is 70.4 Å². The number of carboxylic acids is 1. The number of aromatic nitrogens is 2. The normalized spacial score (nSPS) is 17.3. The fourth-order valence-corrected chi connectivity index (χ4v) is 5.41. The number of carbonyl (C=O) groups is 1. The van der Waals surface area contributed by atoms with E-state index in [4.69, 9.17) is 12.2 Å². The fourth-order valence-electron chi connectivity index (χ4n) is 5.06. The van der Waals surface area contributed by atoms with Crippen LogP contribution in [0, 0.1) is 27.7 Å². The van der Waals surface area contributed by atoms with Crippen LogP contribution in [0.25, 0.3) is 5.69 Å². The second-order valence-electron chi connectivity index (χ2n) is 9.28. The second kappa shape index (κ2) is 9.24. The number of nitrogens with zero attached hydrogens (tertiary/aromatic N) is 3. The van der Waals surface area contributed by atoms with Gasteiger partial charge in [-0.2, -0.15) is 0 Å². The van der Waals surface area contributed by atoms with Crippen molar-refractivity contribution in [1.29, 1.82) is 0 Å². The Morgan fingerprint density at radius 2 is 1.67 bits per heavy atom. The number of aryl methyl sites for hydroxylation is 3. The zero-order valence-electron chi connectivity index (χ0n) is 20.7. The molecule has 0 aliphatic carbocycles. The van der Waals surface area contributed by atoms with Crippen molar-refractivity contribution in [2.75, 3.05) is 4.90 Å². The molecule has 6 nitrogen and oxygen atoms in total. The number of benzene rings is 2. The molecule has 7 heteroatoms. The number of aromatic carboxylic acids is 1. The third kappa shape index (κ3) is 4.05. The molecule has 1 fully saturated rings. The molecule has 2 aromatic carbocycles. The zero-order chi connectivity index (χ0) is 25.6. The van der Waals surface area contributed by atoms with Crippen molar-refractivity contribution >= 4 is 29.0 Å². The summed E-state index contributed by atoms with van der Waals surface area (Å²) in [5.74, 6) is -0.934. The second-order valence-corrected chi connectivity index (χ2v) is 9.67. The van der Waals surface area contributed by atoms with Gasteiger partial charge in [-0.1, -0.05) is 12.1 Å². The molecule has 1 saturated heterocycles. The van der Waals surface area contributed by atoms with Crippen LogP contribution in [0.5, 0.6) is 0 Å². The largest absolute Gasteiger partial charge is 0.478 e. The van der Waals surface area contributed by atoms with E-state index in [1.54, 1.807) is 12.1 Å². The van der Waals surface area contributed by atoms with Gasteiger partial charge in [0, 0.05) is 29.0 Å². The number of anilines is 1. The third-order valence-electron chi connectivity index (χ3n) is 7.03. The molecule has 0 bridgehead atoms. The predicted octanol–water partition coefficient (Wildman–Crippen LogP) is 5.98. The summed E-state index contributed by atoms with van der Waals surface area (Å²) >= 11 is 5.89. The lowest BCUT2D eigenvalue weighted by molar-refractivity contribution is 0.0697. The summed E-state index contributed by atoms with van der Waals surface area (Å²) < 4.78 is 2.16. The molecule has 5 rings (SSSR count). The quantitative estimate of drug-likeness (QED) is 0.331. The van der Waals surface area contributed by atoms with E-state index in [9.17, 15) is 9.90 Å². The highest BCUT2D eigenvalue weighted by Gasteiger charge is 2.42. The van der Waals surface area contributed by atoms with Gasteiger partial charge in [0.2, 0.25) is 0 Å². The fraction of sp³-hybridized carbons (Fsp3) is 0.207. The maximum atomic E-state index is 11.3. The summed E-state index contributed by atoms with van der Waals surface area (Å²) in [5.41, 5.74) is 8.85. The average Bonchev–Trinajstić information content (AvgIpc) is 3.36. The van der Waals surface area contributed by atoms with Gasteiger partial charge >= 0.3 is 5.97 Å². The van der Waals surface area contributed by atoms with Crippen molar-refractivity contribution < 1.29 is 9.90 Å². The van der Waals surface area contributed by atoms with Crippen LogP contribution in [0.3, 0.4) is 0 Å². The van der Waals surface area contributed by atoms with Crippen molar-refractivity contribution in [1.82, 2.24) is 14.9 Å². The Balaban J connectivity index is 1.66. The van der Waals surface area contributed by atoms with E-state index in [0.29, 0.717) is 5.11 Å². The molecule has 0 spiro atoms. The number of carboxylic acid groups (broad SMARTS) is 1. The number of rotatable bonds is 5. The minimum atomic E-state index is -0.934. The Bertz CT molecular complexity index is 1460. The van der Waals surface area contributed by atoms with Gasteiger partial charge in [-0.05, 0) is 111 Å². The van der Waals surface area contributed by atoms with Gasteiger partial charge in [-0.3, -0.25) is 4.98 Å². The van der Waals surface area contributed by atoms with Gasteiger partial charge in [-0.25, -0.2) is 4.79 Å². The van der Waals surface area contributed by atoms with Crippen molar-refractivity contribution in [2.24, 2.45) is 0 Å². The Labute approximate surface area is 216 Å². The molecule has 0 amide bonds. The van der Waals surface area contributed by atoms with E-state index in [1.165, 1.54) is 11.1 Å². The standard InChI is InChI=1S/C29H28N4O2S/c1-17-8-11-23(15-18(17)2)33-27(26(31-29(33)36)25-7-5-6-14-30-25)24-16-19(3)32(20(24)4)22-12-9-21(10-13-22)28(34)35/h5-16,26-27H,1-4H3,(H,31,36)(H,34,35)/t26-,27+/m1/s1. The van der Waals surface area contributed by atoms with Crippen molar-refractivity contribution in [3.8, 4) is 5.69 Å². The summed E-state index contributed by atoms with van der Waals surface area (Å²) in [6.45, 7) is 8.39. The van der Waals surface area contributed by atoms with Gasteiger partial charge in [0.1, 0.15) is 0 Å². The Kier molecular flexibility index (Phi) is 6.10.